The van der Waals surface area contributed by atoms with E-state index in [4.69, 9.17) is 9.47 Å². The molecule has 0 amide bonds. The van der Waals surface area contributed by atoms with Gasteiger partial charge >= 0.3 is 0 Å². The Morgan fingerprint density at radius 2 is 1.84 bits per heavy atom. The lowest BCUT2D eigenvalue weighted by molar-refractivity contribution is 0.215. The van der Waals surface area contributed by atoms with Gasteiger partial charge in [-0.15, -0.1) is 0 Å². The number of rotatable bonds is 8. The summed E-state index contributed by atoms with van der Waals surface area (Å²) in [6.45, 7) is 6.87. The number of hydrogen-bond donors (Lipinski definition) is 0. The monoisotopic (exact) mass is 341 g/mol. The van der Waals surface area contributed by atoms with Crippen molar-refractivity contribution in [1.29, 1.82) is 0 Å². The average Bonchev–Trinajstić information content (AvgIpc) is 2.60. The van der Waals surface area contributed by atoms with Gasteiger partial charge in [0.2, 0.25) is 0 Å². The number of aromatic nitrogens is 2. The van der Waals surface area contributed by atoms with Crippen LogP contribution in [0.25, 0.3) is 0 Å². The Labute approximate surface area is 148 Å². The summed E-state index contributed by atoms with van der Waals surface area (Å²) in [6, 6.07) is 3.95. The summed E-state index contributed by atoms with van der Waals surface area (Å²) in [5.41, 5.74) is 3.40. The summed E-state index contributed by atoms with van der Waals surface area (Å²) in [4.78, 5) is 13.1. The Morgan fingerprint density at radius 3 is 2.44 bits per heavy atom. The molecule has 25 heavy (non-hydrogen) atoms. The highest BCUT2D eigenvalue weighted by atomic mass is 16.6. The third-order valence-electron chi connectivity index (χ3n) is 3.40. The molecule has 6 heteroatoms. The first-order valence-corrected chi connectivity index (χ1v) is 7.99. The molecule has 0 bridgehead atoms. The van der Waals surface area contributed by atoms with Crippen molar-refractivity contribution in [3.63, 3.8) is 0 Å². The van der Waals surface area contributed by atoms with Crippen molar-refractivity contribution < 1.29 is 14.3 Å². The van der Waals surface area contributed by atoms with Crippen LogP contribution >= 0.6 is 0 Å². The molecular weight excluding hydrogens is 318 g/mol. The van der Waals surface area contributed by atoms with Gasteiger partial charge in [-0.3, -0.25) is 9.97 Å². The standard InChI is InChI=1S/C19H23N3O3/c1-5-6-7-24-18-8-14(2)19(15(3)9-18)25-13-17-11-20-16(10-21-17)12-22-23-4/h5-6,8-12H,7,13H2,1-4H3/b6-5+,22-12+. The van der Waals surface area contributed by atoms with Crippen LogP contribution < -0.4 is 9.47 Å². The lowest BCUT2D eigenvalue weighted by Crippen LogP contribution is -2.03. The zero-order valence-corrected chi connectivity index (χ0v) is 15.0. The van der Waals surface area contributed by atoms with Crippen LogP contribution in [0.2, 0.25) is 0 Å². The fourth-order valence-corrected chi connectivity index (χ4v) is 2.22. The molecule has 2 rings (SSSR count). The van der Waals surface area contributed by atoms with Gasteiger partial charge in [0.1, 0.15) is 37.5 Å². The van der Waals surface area contributed by atoms with Gasteiger partial charge < -0.3 is 14.3 Å². The Morgan fingerprint density at radius 1 is 1.08 bits per heavy atom. The van der Waals surface area contributed by atoms with Gasteiger partial charge in [-0.2, -0.15) is 0 Å². The maximum absolute atomic E-state index is 5.92. The van der Waals surface area contributed by atoms with E-state index in [0.29, 0.717) is 18.9 Å². The first-order valence-electron chi connectivity index (χ1n) is 7.99. The zero-order chi connectivity index (χ0) is 18.1. The van der Waals surface area contributed by atoms with Crippen LogP contribution in [0.1, 0.15) is 29.4 Å². The molecule has 0 saturated heterocycles. The summed E-state index contributed by atoms with van der Waals surface area (Å²) in [5.74, 6) is 1.67. The smallest absolute Gasteiger partial charge is 0.132 e. The number of hydrogen-bond acceptors (Lipinski definition) is 6. The Kier molecular flexibility index (Phi) is 6.95. The van der Waals surface area contributed by atoms with Crippen LogP contribution in [-0.2, 0) is 11.4 Å². The molecule has 0 N–H and O–H groups in total. The molecule has 0 unspecified atom stereocenters. The van der Waals surface area contributed by atoms with E-state index in [0.717, 1.165) is 28.3 Å². The molecule has 1 heterocycles. The molecule has 0 spiro atoms. The van der Waals surface area contributed by atoms with Crippen LogP contribution in [0.3, 0.4) is 0 Å². The largest absolute Gasteiger partial charge is 0.490 e. The molecule has 1 aromatic heterocycles. The summed E-state index contributed by atoms with van der Waals surface area (Å²) >= 11 is 0. The van der Waals surface area contributed by atoms with E-state index in [1.165, 1.54) is 13.3 Å². The molecule has 1 aromatic carbocycles. The number of aryl methyl sites for hydroxylation is 2. The molecule has 0 radical (unpaired) electrons. The van der Waals surface area contributed by atoms with E-state index in [1.54, 1.807) is 12.4 Å². The first-order chi connectivity index (χ1) is 12.1. The minimum Gasteiger partial charge on any atom is -0.490 e. The molecule has 0 aliphatic carbocycles. The summed E-state index contributed by atoms with van der Waals surface area (Å²) in [6.07, 6.45) is 8.72. The Bertz CT molecular complexity index is 717. The quantitative estimate of drug-likeness (QED) is 0.417. The van der Waals surface area contributed by atoms with Crippen molar-refractivity contribution in [3.05, 3.63) is 59.2 Å². The third-order valence-corrected chi connectivity index (χ3v) is 3.40. The molecule has 0 aliphatic rings. The van der Waals surface area contributed by atoms with Gasteiger partial charge in [-0.05, 0) is 44.0 Å². The van der Waals surface area contributed by atoms with Gasteiger partial charge in [0.15, 0.2) is 0 Å². The normalized spacial score (nSPS) is 11.2. The molecule has 2 aromatic rings. The second kappa shape index (κ2) is 9.42. The van der Waals surface area contributed by atoms with E-state index in [2.05, 4.69) is 20.0 Å². The van der Waals surface area contributed by atoms with Crippen molar-refractivity contribution in [3.8, 4) is 11.5 Å². The number of benzene rings is 1. The van der Waals surface area contributed by atoms with Crippen LogP contribution in [0, 0.1) is 13.8 Å². The zero-order valence-electron chi connectivity index (χ0n) is 15.0. The maximum atomic E-state index is 5.92. The highest BCUT2D eigenvalue weighted by molar-refractivity contribution is 5.75. The minimum atomic E-state index is 0.342. The summed E-state index contributed by atoms with van der Waals surface area (Å²) in [7, 11) is 1.48. The lowest BCUT2D eigenvalue weighted by atomic mass is 10.1. The van der Waals surface area contributed by atoms with E-state index in [1.807, 2.05) is 45.1 Å². The van der Waals surface area contributed by atoms with Gasteiger partial charge in [0.05, 0.1) is 24.3 Å². The highest BCUT2D eigenvalue weighted by Gasteiger charge is 2.08. The second-order valence-corrected chi connectivity index (χ2v) is 5.40. The predicted octanol–water partition coefficient (Wildman–Crippen LogP) is 3.61. The SMILES string of the molecule is C/C=C/COc1cc(C)c(OCc2cnc(/C=N/OC)cn2)c(C)c1. The molecule has 0 atom stereocenters. The van der Waals surface area contributed by atoms with Crippen LogP contribution in [0.5, 0.6) is 11.5 Å². The van der Waals surface area contributed by atoms with Crippen LogP contribution in [0.15, 0.2) is 41.8 Å². The van der Waals surface area contributed by atoms with Gasteiger partial charge in [0, 0.05) is 0 Å². The summed E-state index contributed by atoms with van der Waals surface area (Å²) < 4.78 is 11.6. The maximum Gasteiger partial charge on any atom is 0.132 e. The van der Waals surface area contributed by atoms with E-state index in [-0.39, 0.29) is 0 Å². The summed E-state index contributed by atoms with van der Waals surface area (Å²) in [5, 5.41) is 3.65. The lowest BCUT2D eigenvalue weighted by Gasteiger charge is -2.14. The van der Waals surface area contributed by atoms with E-state index >= 15 is 0 Å². The number of ether oxygens (including phenoxy) is 2. The average molecular weight is 341 g/mol. The molecule has 6 nitrogen and oxygen atoms in total. The Hall–Kier alpha value is -2.89. The number of oxime groups is 1. The van der Waals surface area contributed by atoms with Crippen molar-refractivity contribution in [2.24, 2.45) is 5.16 Å². The molecule has 0 aliphatic heterocycles. The highest BCUT2D eigenvalue weighted by Crippen LogP contribution is 2.29. The Balaban J connectivity index is 2.01. The van der Waals surface area contributed by atoms with Gasteiger partial charge in [-0.1, -0.05) is 17.3 Å². The third kappa shape index (κ3) is 5.60. The topological polar surface area (TPSA) is 65.8 Å². The van der Waals surface area contributed by atoms with Crippen molar-refractivity contribution in [1.82, 2.24) is 9.97 Å². The van der Waals surface area contributed by atoms with Gasteiger partial charge in [0.25, 0.3) is 0 Å². The van der Waals surface area contributed by atoms with Crippen molar-refractivity contribution >= 4 is 6.21 Å². The van der Waals surface area contributed by atoms with Crippen molar-refractivity contribution in [2.45, 2.75) is 27.4 Å². The van der Waals surface area contributed by atoms with E-state index < -0.39 is 0 Å². The van der Waals surface area contributed by atoms with Crippen LogP contribution in [-0.4, -0.2) is 29.9 Å². The molecule has 0 saturated carbocycles. The minimum absolute atomic E-state index is 0.342. The molecule has 0 fully saturated rings. The fraction of sp³-hybridized carbons (Fsp3) is 0.316. The van der Waals surface area contributed by atoms with Crippen molar-refractivity contribution in [2.75, 3.05) is 13.7 Å². The second-order valence-electron chi connectivity index (χ2n) is 5.40. The number of allylic oxidation sites excluding steroid dienone is 1. The van der Waals surface area contributed by atoms with E-state index in [9.17, 15) is 0 Å². The molecule has 132 valence electrons. The fourth-order valence-electron chi connectivity index (χ4n) is 2.22. The number of nitrogens with zero attached hydrogens (tertiary/aromatic N) is 3. The van der Waals surface area contributed by atoms with Crippen LogP contribution in [0.4, 0.5) is 0 Å². The first kappa shape index (κ1) is 18.4. The predicted molar refractivity (Wildman–Crippen MR) is 97.2 cm³/mol. The molecular formula is C19H23N3O3. The van der Waals surface area contributed by atoms with Gasteiger partial charge in [-0.25, -0.2) is 0 Å².